The summed E-state index contributed by atoms with van der Waals surface area (Å²) in [5.41, 5.74) is -0.179. The van der Waals surface area contributed by atoms with E-state index in [2.05, 4.69) is 16.0 Å². The molecule has 1 spiro atoms. The van der Waals surface area contributed by atoms with Crippen LogP contribution in [0.25, 0.3) is 0 Å². The van der Waals surface area contributed by atoms with Crippen molar-refractivity contribution in [3.05, 3.63) is 34.9 Å². The van der Waals surface area contributed by atoms with Crippen LogP contribution in [0.3, 0.4) is 0 Å². The van der Waals surface area contributed by atoms with Gasteiger partial charge in [-0.1, -0.05) is 44.5 Å². The molecule has 0 unspecified atom stereocenters. The molecule has 1 saturated heterocycles. The molecule has 1 heterocycles. The molecule has 0 radical (unpaired) electrons. The zero-order chi connectivity index (χ0) is 18.4. The van der Waals surface area contributed by atoms with Crippen LogP contribution in [0.1, 0.15) is 45.2 Å². The molecule has 3 rings (SSSR count). The van der Waals surface area contributed by atoms with Crippen LogP contribution in [0.5, 0.6) is 0 Å². The lowest BCUT2D eigenvalue weighted by atomic mass is 9.67. The molecule has 1 aliphatic carbocycles. The number of halogens is 1. The predicted molar refractivity (Wildman–Crippen MR) is 93.9 cm³/mol. The first-order valence-electron chi connectivity index (χ1n) is 8.30. The minimum atomic E-state index is -0.910. The highest BCUT2D eigenvalue weighted by molar-refractivity contribution is 6.30. The number of hydrogen-bond donors (Lipinski definition) is 3. The van der Waals surface area contributed by atoms with E-state index in [0.29, 0.717) is 17.9 Å². The Kier molecular flexibility index (Phi) is 4.27. The Labute approximate surface area is 151 Å². The fraction of sp³-hybridized carbons (Fsp3) is 0.500. The van der Waals surface area contributed by atoms with Crippen molar-refractivity contribution in [3.8, 4) is 0 Å². The first kappa shape index (κ1) is 17.7. The third-order valence-electron chi connectivity index (χ3n) is 4.91. The van der Waals surface area contributed by atoms with Crippen molar-refractivity contribution in [1.82, 2.24) is 16.0 Å². The van der Waals surface area contributed by atoms with E-state index in [1.165, 1.54) is 0 Å². The molecule has 1 aromatic carbocycles. The summed E-state index contributed by atoms with van der Waals surface area (Å²) in [5.74, 6) is -0.753. The Morgan fingerprint density at radius 2 is 2.00 bits per heavy atom. The van der Waals surface area contributed by atoms with Crippen LogP contribution < -0.4 is 16.0 Å². The maximum Gasteiger partial charge on any atom is 0.322 e. The van der Waals surface area contributed by atoms with Crippen molar-refractivity contribution in [1.29, 1.82) is 0 Å². The van der Waals surface area contributed by atoms with Crippen LogP contribution in [0.2, 0.25) is 5.02 Å². The Morgan fingerprint density at radius 1 is 1.32 bits per heavy atom. The molecular formula is C18H22ClN3O3. The largest absolute Gasteiger partial charge is 0.349 e. The number of rotatable bonds is 3. The molecule has 1 saturated carbocycles. The van der Waals surface area contributed by atoms with Crippen molar-refractivity contribution in [2.75, 3.05) is 0 Å². The Balaban J connectivity index is 1.70. The van der Waals surface area contributed by atoms with Gasteiger partial charge in [0.25, 0.3) is 5.91 Å². The van der Waals surface area contributed by atoms with E-state index in [9.17, 15) is 14.4 Å². The number of amides is 4. The van der Waals surface area contributed by atoms with E-state index in [1.807, 2.05) is 39.0 Å². The normalized spacial score (nSPS) is 26.6. The highest BCUT2D eigenvalue weighted by Gasteiger charge is 2.57. The van der Waals surface area contributed by atoms with E-state index in [-0.39, 0.29) is 29.2 Å². The summed E-state index contributed by atoms with van der Waals surface area (Å²) in [5, 5.41) is 8.57. The molecule has 3 N–H and O–H groups in total. The third-order valence-corrected chi connectivity index (χ3v) is 5.14. The molecular weight excluding hydrogens is 342 g/mol. The predicted octanol–water partition coefficient (Wildman–Crippen LogP) is 2.53. The van der Waals surface area contributed by atoms with Crippen LogP contribution in [-0.4, -0.2) is 23.4 Å². The van der Waals surface area contributed by atoms with Gasteiger partial charge in [0.2, 0.25) is 5.91 Å². The van der Waals surface area contributed by atoms with Crippen LogP contribution in [0, 0.1) is 11.3 Å². The van der Waals surface area contributed by atoms with Crippen molar-refractivity contribution in [2.45, 2.75) is 45.2 Å². The number of nitrogens with one attached hydrogen (secondary N) is 3. The van der Waals surface area contributed by atoms with E-state index < -0.39 is 11.6 Å². The van der Waals surface area contributed by atoms with Crippen LogP contribution in [-0.2, 0) is 9.59 Å². The van der Waals surface area contributed by atoms with Gasteiger partial charge in [-0.05, 0) is 36.0 Å². The summed E-state index contributed by atoms with van der Waals surface area (Å²) in [6, 6.07) is 6.75. The van der Waals surface area contributed by atoms with Gasteiger partial charge in [0.1, 0.15) is 5.54 Å². The first-order valence-corrected chi connectivity index (χ1v) is 8.68. The molecule has 2 aliphatic rings. The highest BCUT2D eigenvalue weighted by atomic mass is 35.5. The minimum Gasteiger partial charge on any atom is -0.349 e. The lowest BCUT2D eigenvalue weighted by Gasteiger charge is -2.42. The number of benzene rings is 1. The number of carbonyl (C=O) groups is 3. The second-order valence-electron chi connectivity index (χ2n) is 7.96. The molecule has 1 aliphatic heterocycles. The zero-order valence-electron chi connectivity index (χ0n) is 14.5. The average molecular weight is 364 g/mol. The minimum absolute atomic E-state index is 0.112. The number of carbonyl (C=O) groups excluding carboxylic acids is 3. The van der Waals surface area contributed by atoms with E-state index in [0.717, 1.165) is 5.56 Å². The molecule has 0 bridgehead atoms. The van der Waals surface area contributed by atoms with Gasteiger partial charge in [0, 0.05) is 10.9 Å². The van der Waals surface area contributed by atoms with E-state index in [1.54, 1.807) is 6.07 Å². The van der Waals surface area contributed by atoms with E-state index in [4.69, 9.17) is 11.6 Å². The monoisotopic (exact) mass is 363 g/mol. The molecule has 1 aromatic rings. The van der Waals surface area contributed by atoms with Gasteiger partial charge in [-0.2, -0.15) is 0 Å². The second kappa shape index (κ2) is 6.02. The molecule has 7 heteroatoms. The zero-order valence-corrected chi connectivity index (χ0v) is 15.2. The fourth-order valence-electron chi connectivity index (χ4n) is 3.53. The number of urea groups is 1. The SMILES string of the molecule is CC(C)(C)[C@@H](NC(=O)C1CC2(C1)NC(=O)NC2=O)c1cccc(Cl)c1. The van der Waals surface area contributed by atoms with Crippen LogP contribution in [0.15, 0.2) is 24.3 Å². The molecule has 134 valence electrons. The third kappa shape index (κ3) is 3.35. The molecule has 25 heavy (non-hydrogen) atoms. The van der Waals surface area contributed by atoms with Crippen LogP contribution in [0.4, 0.5) is 4.79 Å². The Bertz CT molecular complexity index is 735. The summed E-state index contributed by atoms with van der Waals surface area (Å²) >= 11 is 6.09. The molecule has 6 nitrogen and oxygen atoms in total. The Hall–Kier alpha value is -2.08. The number of hydrogen-bond acceptors (Lipinski definition) is 3. The van der Waals surface area contributed by atoms with Crippen molar-refractivity contribution in [2.24, 2.45) is 11.3 Å². The highest BCUT2D eigenvalue weighted by Crippen LogP contribution is 2.41. The Morgan fingerprint density at radius 3 is 2.52 bits per heavy atom. The van der Waals surface area contributed by atoms with Crippen molar-refractivity contribution in [3.63, 3.8) is 0 Å². The maximum atomic E-state index is 12.7. The molecule has 1 atom stereocenters. The molecule has 0 aromatic heterocycles. The average Bonchev–Trinajstić information content (AvgIpc) is 2.76. The van der Waals surface area contributed by atoms with Gasteiger partial charge in [0.05, 0.1) is 6.04 Å². The first-order chi connectivity index (χ1) is 11.6. The van der Waals surface area contributed by atoms with Gasteiger partial charge < -0.3 is 10.6 Å². The lowest BCUT2D eigenvalue weighted by Crippen LogP contribution is -2.60. The summed E-state index contributed by atoms with van der Waals surface area (Å²) in [6.07, 6.45) is 0.644. The molecule has 4 amide bonds. The van der Waals surface area contributed by atoms with Gasteiger partial charge >= 0.3 is 6.03 Å². The lowest BCUT2D eigenvalue weighted by molar-refractivity contribution is -0.137. The van der Waals surface area contributed by atoms with Crippen molar-refractivity contribution >= 4 is 29.4 Å². The fourth-order valence-corrected chi connectivity index (χ4v) is 3.73. The van der Waals surface area contributed by atoms with Gasteiger partial charge in [-0.15, -0.1) is 0 Å². The second-order valence-corrected chi connectivity index (χ2v) is 8.39. The van der Waals surface area contributed by atoms with Gasteiger partial charge in [-0.3, -0.25) is 14.9 Å². The molecule has 2 fully saturated rings. The summed E-state index contributed by atoms with van der Waals surface area (Å²) < 4.78 is 0. The van der Waals surface area contributed by atoms with Gasteiger partial charge in [-0.25, -0.2) is 4.79 Å². The van der Waals surface area contributed by atoms with E-state index >= 15 is 0 Å². The quantitative estimate of drug-likeness (QED) is 0.721. The maximum absolute atomic E-state index is 12.7. The van der Waals surface area contributed by atoms with Crippen LogP contribution >= 0.6 is 11.6 Å². The topological polar surface area (TPSA) is 87.3 Å². The summed E-state index contributed by atoms with van der Waals surface area (Å²) in [7, 11) is 0. The smallest absolute Gasteiger partial charge is 0.322 e. The summed E-state index contributed by atoms with van der Waals surface area (Å²) in [4.78, 5) is 35.8. The van der Waals surface area contributed by atoms with Crippen molar-refractivity contribution < 1.29 is 14.4 Å². The van der Waals surface area contributed by atoms with Gasteiger partial charge in [0.15, 0.2) is 0 Å². The standard InChI is InChI=1S/C18H22ClN3O3/c1-17(2,3)13(10-5-4-6-12(19)7-10)20-14(23)11-8-18(9-11)15(24)21-16(25)22-18/h4-7,11,13H,8-9H2,1-3H3,(H,20,23)(H2,21,22,24,25)/t11?,13-,18?/m0/s1. The summed E-state index contributed by atoms with van der Waals surface area (Å²) in [6.45, 7) is 6.14. The number of imide groups is 1.